The zero-order valence-corrected chi connectivity index (χ0v) is 19.0. The summed E-state index contributed by atoms with van der Waals surface area (Å²) in [7, 11) is 1.45. The van der Waals surface area contributed by atoms with Gasteiger partial charge in [-0.3, -0.25) is 9.78 Å². The highest BCUT2D eigenvalue weighted by Crippen LogP contribution is 2.36. The number of methoxy groups -OCH3 is 1. The molecular weight excluding hydrogens is 463 g/mol. The Morgan fingerprint density at radius 3 is 2.59 bits per heavy atom. The number of carbonyl (C=O) groups excluding carboxylic acids is 2. The largest absolute Gasteiger partial charge is 0.496 e. The second-order valence-electron chi connectivity index (χ2n) is 8.33. The number of ether oxygens (including phenoxy) is 2. The van der Waals surface area contributed by atoms with E-state index in [1.165, 1.54) is 7.11 Å². The molecule has 1 aromatic heterocycles. The summed E-state index contributed by atoms with van der Waals surface area (Å²) in [6, 6.07) is 9.28. The molecule has 2 aliphatic rings. The number of anilines is 1. The van der Waals surface area contributed by atoms with Gasteiger partial charge in [0.2, 0.25) is 0 Å². The Kier molecular flexibility index (Phi) is 5.87. The summed E-state index contributed by atoms with van der Waals surface area (Å²) >= 11 is 6.35. The molecule has 0 bridgehead atoms. The Hall–Kier alpha value is -3.59. The smallest absolute Gasteiger partial charge is 0.319 e. The van der Waals surface area contributed by atoms with Crippen LogP contribution in [0.2, 0.25) is 5.02 Å². The molecule has 34 heavy (non-hydrogen) atoms. The van der Waals surface area contributed by atoms with Gasteiger partial charge in [0.05, 0.1) is 34.9 Å². The third-order valence-corrected chi connectivity index (χ3v) is 5.94. The minimum Gasteiger partial charge on any atom is -0.496 e. The van der Waals surface area contributed by atoms with E-state index in [2.05, 4.69) is 20.9 Å². The topological polar surface area (TPSA) is 102 Å². The monoisotopic (exact) mass is 484 g/mol. The molecule has 2 saturated carbocycles. The molecule has 2 aliphatic carbocycles. The number of carbonyl (C=O) groups is 2. The second-order valence-corrected chi connectivity index (χ2v) is 8.73. The van der Waals surface area contributed by atoms with Crippen LogP contribution in [0.1, 0.15) is 29.6 Å². The van der Waals surface area contributed by atoms with Gasteiger partial charge in [0.15, 0.2) is 0 Å². The Morgan fingerprint density at radius 1 is 1.12 bits per heavy atom. The van der Waals surface area contributed by atoms with Crippen LogP contribution in [-0.2, 0) is 0 Å². The molecule has 3 amide bonds. The summed E-state index contributed by atoms with van der Waals surface area (Å²) in [5.41, 5.74) is 1.27. The lowest BCUT2D eigenvalue weighted by atomic mass is 10.1. The first kappa shape index (κ1) is 22.2. The van der Waals surface area contributed by atoms with E-state index in [4.69, 9.17) is 21.1 Å². The molecule has 2 atom stereocenters. The molecule has 3 aromatic rings. The first-order chi connectivity index (χ1) is 16.4. The van der Waals surface area contributed by atoms with E-state index >= 15 is 0 Å². The first-order valence-electron chi connectivity index (χ1n) is 10.9. The zero-order chi connectivity index (χ0) is 23.8. The van der Waals surface area contributed by atoms with Gasteiger partial charge in [0, 0.05) is 36.2 Å². The van der Waals surface area contributed by atoms with Crippen LogP contribution in [-0.4, -0.2) is 42.3 Å². The highest BCUT2D eigenvalue weighted by Gasteiger charge is 2.39. The highest BCUT2D eigenvalue weighted by molar-refractivity contribution is 6.33. The van der Waals surface area contributed by atoms with E-state index in [0.29, 0.717) is 45.3 Å². The maximum Gasteiger partial charge on any atom is 0.319 e. The second kappa shape index (κ2) is 8.98. The van der Waals surface area contributed by atoms with Gasteiger partial charge in [-0.05, 0) is 37.1 Å². The van der Waals surface area contributed by atoms with Crippen LogP contribution in [0.25, 0.3) is 10.9 Å². The first-order valence-corrected chi connectivity index (χ1v) is 11.3. The standard InChI is InChI=1S/C24H22ClFN4O4/c1-33-22-11-19-14(9-15(22)23(31)29-20-10-17(20)26)21(6-7-27-19)34-13-4-5-18(16(25)8-13)30-24(32)28-12-2-3-12/h4-9,11-12,17,20H,2-3,10H2,1H3,(H,29,31)(H2,28,30,32). The molecule has 0 radical (unpaired) electrons. The van der Waals surface area contributed by atoms with Crippen molar-refractivity contribution in [2.24, 2.45) is 0 Å². The van der Waals surface area contributed by atoms with Crippen LogP contribution >= 0.6 is 11.6 Å². The number of halogens is 2. The van der Waals surface area contributed by atoms with Crippen LogP contribution in [0.5, 0.6) is 17.2 Å². The summed E-state index contributed by atoms with van der Waals surface area (Å²) in [6.45, 7) is 0. The number of benzene rings is 2. The number of hydrogen-bond acceptors (Lipinski definition) is 5. The van der Waals surface area contributed by atoms with E-state index in [0.717, 1.165) is 12.8 Å². The van der Waals surface area contributed by atoms with Gasteiger partial charge < -0.3 is 25.4 Å². The Morgan fingerprint density at radius 2 is 1.91 bits per heavy atom. The van der Waals surface area contributed by atoms with E-state index in [9.17, 15) is 14.0 Å². The minimum absolute atomic E-state index is 0.231. The molecule has 10 heteroatoms. The van der Waals surface area contributed by atoms with E-state index < -0.39 is 18.1 Å². The van der Waals surface area contributed by atoms with Crippen molar-refractivity contribution >= 4 is 40.1 Å². The predicted octanol–water partition coefficient (Wildman–Crippen LogP) is 4.81. The number of nitrogens with one attached hydrogen (secondary N) is 3. The normalized spacial score (nSPS) is 18.8. The van der Waals surface area contributed by atoms with E-state index in [1.54, 1.807) is 42.6 Å². The van der Waals surface area contributed by atoms with Crippen molar-refractivity contribution in [3.8, 4) is 17.2 Å². The number of urea groups is 1. The van der Waals surface area contributed by atoms with Gasteiger partial charge in [-0.15, -0.1) is 0 Å². The van der Waals surface area contributed by atoms with Crippen LogP contribution in [0, 0.1) is 0 Å². The van der Waals surface area contributed by atoms with Crippen molar-refractivity contribution in [1.29, 1.82) is 0 Å². The van der Waals surface area contributed by atoms with Crippen molar-refractivity contribution in [2.45, 2.75) is 37.5 Å². The van der Waals surface area contributed by atoms with Gasteiger partial charge >= 0.3 is 6.03 Å². The minimum atomic E-state index is -1.02. The molecule has 0 saturated heterocycles. The number of alkyl halides is 1. The number of fused-ring (bicyclic) bond motifs is 1. The maximum absolute atomic E-state index is 13.3. The molecule has 3 N–H and O–H groups in total. The lowest BCUT2D eigenvalue weighted by molar-refractivity contribution is 0.0944. The molecule has 1 heterocycles. The van der Waals surface area contributed by atoms with Crippen molar-refractivity contribution in [1.82, 2.24) is 15.6 Å². The molecule has 2 unspecified atom stereocenters. The van der Waals surface area contributed by atoms with Gasteiger partial charge in [0.25, 0.3) is 5.91 Å². The van der Waals surface area contributed by atoms with Crippen molar-refractivity contribution in [3.05, 3.63) is 53.2 Å². The fraction of sp³-hybridized carbons (Fsp3) is 0.292. The van der Waals surface area contributed by atoms with Crippen LogP contribution < -0.4 is 25.4 Å². The lowest BCUT2D eigenvalue weighted by Crippen LogP contribution is -2.30. The molecule has 0 aliphatic heterocycles. The van der Waals surface area contributed by atoms with Gasteiger partial charge in [-0.1, -0.05) is 11.6 Å². The number of nitrogens with zero attached hydrogens (tertiary/aromatic N) is 1. The number of aromatic nitrogens is 1. The summed E-state index contributed by atoms with van der Waals surface area (Å²) < 4.78 is 24.7. The van der Waals surface area contributed by atoms with Crippen LogP contribution in [0.3, 0.4) is 0 Å². The van der Waals surface area contributed by atoms with E-state index in [-0.39, 0.29) is 17.6 Å². The summed E-state index contributed by atoms with van der Waals surface area (Å²) in [5, 5.41) is 9.11. The molecule has 8 nitrogen and oxygen atoms in total. The lowest BCUT2D eigenvalue weighted by Gasteiger charge is -2.14. The third kappa shape index (κ3) is 4.84. The van der Waals surface area contributed by atoms with Gasteiger partial charge in [-0.2, -0.15) is 0 Å². The number of pyridine rings is 1. The van der Waals surface area contributed by atoms with Crippen LogP contribution in [0.4, 0.5) is 14.9 Å². The fourth-order valence-corrected chi connectivity index (χ4v) is 3.72. The average Bonchev–Trinajstić information content (AvgIpc) is 3.74. The Bertz CT molecular complexity index is 1280. The molecule has 5 rings (SSSR count). The fourth-order valence-electron chi connectivity index (χ4n) is 3.50. The number of amides is 3. The maximum atomic E-state index is 13.3. The highest BCUT2D eigenvalue weighted by atomic mass is 35.5. The summed E-state index contributed by atoms with van der Waals surface area (Å²) in [4.78, 5) is 29.0. The number of hydrogen-bond donors (Lipinski definition) is 3. The van der Waals surface area contributed by atoms with Gasteiger partial charge in [-0.25, -0.2) is 9.18 Å². The Labute approximate surface area is 199 Å². The van der Waals surface area contributed by atoms with Crippen molar-refractivity contribution in [2.75, 3.05) is 12.4 Å². The Balaban J connectivity index is 1.39. The van der Waals surface area contributed by atoms with Crippen molar-refractivity contribution in [3.63, 3.8) is 0 Å². The molecule has 2 aromatic carbocycles. The quantitative estimate of drug-likeness (QED) is 0.446. The number of rotatable bonds is 7. The average molecular weight is 485 g/mol. The molecular formula is C24H22ClFN4O4. The van der Waals surface area contributed by atoms with Gasteiger partial charge in [0.1, 0.15) is 23.4 Å². The molecule has 176 valence electrons. The SMILES string of the molecule is COc1cc2nccc(Oc3ccc(NC(=O)NC4CC4)c(Cl)c3)c2cc1C(=O)NC1CC1F. The predicted molar refractivity (Wildman–Crippen MR) is 126 cm³/mol. The summed E-state index contributed by atoms with van der Waals surface area (Å²) in [5.74, 6) is 0.778. The molecule has 2 fully saturated rings. The van der Waals surface area contributed by atoms with Crippen molar-refractivity contribution < 1.29 is 23.5 Å². The molecule has 0 spiro atoms. The zero-order valence-electron chi connectivity index (χ0n) is 18.2. The van der Waals surface area contributed by atoms with Crippen LogP contribution in [0.15, 0.2) is 42.6 Å². The third-order valence-electron chi connectivity index (χ3n) is 5.63. The van der Waals surface area contributed by atoms with E-state index in [1.807, 2.05) is 0 Å². The summed E-state index contributed by atoms with van der Waals surface area (Å²) in [6.07, 6.45) is 2.85.